The number of carbonyl (C=O) groups is 1. The molecular weight excluding hydrogens is 362 g/mol. The van der Waals surface area contributed by atoms with Gasteiger partial charge in [0.05, 0.1) is 5.92 Å². The van der Waals surface area contributed by atoms with Crippen LogP contribution in [0.5, 0.6) is 0 Å². The van der Waals surface area contributed by atoms with Crippen molar-refractivity contribution in [2.45, 2.75) is 45.6 Å². The zero-order valence-corrected chi connectivity index (χ0v) is 17.7. The highest BCUT2D eigenvalue weighted by molar-refractivity contribution is 5.76. The molecule has 2 saturated heterocycles. The first-order chi connectivity index (χ1) is 14.0. The number of carbonyl (C=O) groups excluding carboxylic acids is 1. The number of nitrogens with zero attached hydrogens (tertiary/aromatic N) is 3. The van der Waals surface area contributed by atoms with Crippen molar-refractivity contribution in [3.63, 3.8) is 0 Å². The third-order valence-electron chi connectivity index (χ3n) is 7.88. The third-order valence-corrected chi connectivity index (χ3v) is 7.88. The summed E-state index contributed by atoms with van der Waals surface area (Å²) in [6.07, 6.45) is 9.25. The summed E-state index contributed by atoms with van der Waals surface area (Å²) in [6, 6.07) is 6.07. The summed E-state index contributed by atoms with van der Waals surface area (Å²) in [7, 11) is 0. The maximum absolute atomic E-state index is 12.8. The molecule has 5 rings (SSSR count). The van der Waals surface area contributed by atoms with Crippen LogP contribution in [0.25, 0.3) is 0 Å². The number of anilines is 1. The topological polar surface area (TPSA) is 45.7 Å². The molecule has 5 atom stereocenters. The number of aromatic nitrogens is 1. The van der Waals surface area contributed by atoms with Crippen molar-refractivity contribution in [3.8, 4) is 0 Å². The van der Waals surface area contributed by atoms with Crippen LogP contribution in [-0.4, -0.2) is 54.7 Å². The van der Waals surface area contributed by atoms with Crippen molar-refractivity contribution in [2.75, 3.05) is 37.6 Å². The Bertz CT molecular complexity index is 787. The highest BCUT2D eigenvalue weighted by Gasteiger charge is 2.52. The van der Waals surface area contributed by atoms with Crippen molar-refractivity contribution < 1.29 is 9.53 Å². The van der Waals surface area contributed by atoms with E-state index in [9.17, 15) is 4.79 Å². The lowest BCUT2D eigenvalue weighted by molar-refractivity contribution is -0.145. The molecule has 156 valence electrons. The first-order valence-electron chi connectivity index (χ1n) is 11.3. The van der Waals surface area contributed by atoms with Crippen LogP contribution in [0.3, 0.4) is 0 Å². The van der Waals surface area contributed by atoms with E-state index < -0.39 is 0 Å². The highest BCUT2D eigenvalue weighted by Crippen LogP contribution is 2.54. The van der Waals surface area contributed by atoms with Crippen molar-refractivity contribution in [1.82, 2.24) is 9.88 Å². The molecule has 1 aromatic rings. The van der Waals surface area contributed by atoms with Gasteiger partial charge >= 0.3 is 5.97 Å². The Hall–Kier alpha value is -1.88. The lowest BCUT2D eigenvalue weighted by Gasteiger charge is -2.46. The molecule has 2 aliphatic heterocycles. The maximum atomic E-state index is 12.8. The van der Waals surface area contributed by atoms with Crippen LogP contribution in [0.2, 0.25) is 0 Å². The number of rotatable bonds is 3. The van der Waals surface area contributed by atoms with E-state index in [-0.39, 0.29) is 29.3 Å². The van der Waals surface area contributed by atoms with Gasteiger partial charge in [-0.3, -0.25) is 9.69 Å². The Kier molecular flexibility index (Phi) is 4.89. The lowest BCUT2D eigenvalue weighted by atomic mass is 9.59. The van der Waals surface area contributed by atoms with E-state index in [2.05, 4.69) is 40.8 Å². The van der Waals surface area contributed by atoms with Crippen LogP contribution in [0.4, 0.5) is 5.82 Å². The van der Waals surface area contributed by atoms with Gasteiger partial charge in [-0.2, -0.15) is 0 Å². The average molecular weight is 396 g/mol. The summed E-state index contributed by atoms with van der Waals surface area (Å²) in [5.74, 6) is 1.98. The quantitative estimate of drug-likeness (QED) is 0.579. The van der Waals surface area contributed by atoms with E-state index in [1.54, 1.807) is 5.57 Å². The fraction of sp³-hybridized carbons (Fsp3) is 0.667. The number of fused-ring (bicyclic) bond motifs is 2. The molecule has 1 aromatic heterocycles. The van der Waals surface area contributed by atoms with Crippen LogP contribution in [-0.2, 0) is 9.53 Å². The molecule has 0 amide bonds. The minimum Gasteiger partial charge on any atom is -0.461 e. The summed E-state index contributed by atoms with van der Waals surface area (Å²) < 4.78 is 5.93. The number of piperazine rings is 1. The molecule has 3 fully saturated rings. The van der Waals surface area contributed by atoms with Crippen LogP contribution in [0.15, 0.2) is 36.0 Å². The Balaban J connectivity index is 1.27. The molecule has 5 heteroatoms. The smallest absolute Gasteiger partial charge is 0.311 e. The van der Waals surface area contributed by atoms with E-state index in [1.165, 1.54) is 19.3 Å². The van der Waals surface area contributed by atoms with Crippen molar-refractivity contribution in [2.24, 2.45) is 23.2 Å². The lowest BCUT2D eigenvalue weighted by Crippen LogP contribution is -2.49. The first-order valence-corrected chi connectivity index (χ1v) is 11.3. The molecule has 0 bridgehead atoms. The van der Waals surface area contributed by atoms with E-state index in [1.807, 2.05) is 18.3 Å². The highest BCUT2D eigenvalue weighted by atomic mass is 16.6. The fourth-order valence-corrected chi connectivity index (χ4v) is 6.24. The number of esters is 1. The fourth-order valence-electron chi connectivity index (χ4n) is 6.24. The number of allylic oxidation sites excluding steroid dienone is 1. The molecule has 1 unspecified atom stereocenters. The zero-order chi connectivity index (χ0) is 20.0. The predicted molar refractivity (Wildman–Crippen MR) is 114 cm³/mol. The zero-order valence-electron chi connectivity index (χ0n) is 17.7. The summed E-state index contributed by atoms with van der Waals surface area (Å²) in [5, 5.41) is 0. The molecule has 3 heterocycles. The van der Waals surface area contributed by atoms with Gasteiger partial charge in [0.1, 0.15) is 11.9 Å². The van der Waals surface area contributed by atoms with Crippen molar-refractivity contribution in [1.29, 1.82) is 0 Å². The van der Waals surface area contributed by atoms with Crippen molar-refractivity contribution in [3.05, 3.63) is 36.0 Å². The number of hydrogen-bond donors (Lipinski definition) is 0. The molecule has 0 aromatic carbocycles. The minimum absolute atomic E-state index is 0.00687. The van der Waals surface area contributed by atoms with Gasteiger partial charge in [-0.05, 0) is 42.7 Å². The summed E-state index contributed by atoms with van der Waals surface area (Å²) >= 11 is 0. The first kappa shape index (κ1) is 19.1. The number of pyridine rings is 1. The van der Waals surface area contributed by atoms with Gasteiger partial charge in [0.15, 0.2) is 0 Å². The van der Waals surface area contributed by atoms with Gasteiger partial charge in [0, 0.05) is 44.8 Å². The normalized spacial score (nSPS) is 37.5. The molecule has 5 nitrogen and oxygen atoms in total. The summed E-state index contributed by atoms with van der Waals surface area (Å²) in [5.41, 5.74) is 1.84. The van der Waals surface area contributed by atoms with Gasteiger partial charge < -0.3 is 9.64 Å². The number of ether oxygens (including phenoxy) is 1. The Morgan fingerprint density at radius 2 is 2.07 bits per heavy atom. The summed E-state index contributed by atoms with van der Waals surface area (Å²) in [4.78, 5) is 22.1. The SMILES string of the molecule is C[C@H]1CCC[C@]2(C)C[C@H]3OC(=O)C(CN4CCN(c5ccccn5)CC4)[C@H]3C=C12. The second kappa shape index (κ2) is 7.42. The molecule has 4 aliphatic rings. The van der Waals surface area contributed by atoms with E-state index in [0.717, 1.165) is 45.0 Å². The predicted octanol–water partition coefficient (Wildman–Crippen LogP) is 3.52. The number of hydrogen-bond acceptors (Lipinski definition) is 5. The Morgan fingerprint density at radius 1 is 1.24 bits per heavy atom. The van der Waals surface area contributed by atoms with E-state index in [0.29, 0.717) is 5.92 Å². The van der Waals surface area contributed by atoms with E-state index in [4.69, 9.17) is 4.74 Å². The monoisotopic (exact) mass is 395 g/mol. The average Bonchev–Trinajstić information content (AvgIpc) is 3.01. The van der Waals surface area contributed by atoms with Gasteiger partial charge in [0.25, 0.3) is 0 Å². The van der Waals surface area contributed by atoms with Gasteiger partial charge in [-0.15, -0.1) is 0 Å². The molecular formula is C24H33N3O2. The molecule has 1 saturated carbocycles. The minimum atomic E-state index is -0.00687. The van der Waals surface area contributed by atoms with Gasteiger partial charge in [-0.1, -0.05) is 38.0 Å². The molecule has 0 spiro atoms. The van der Waals surface area contributed by atoms with Gasteiger partial charge in [-0.25, -0.2) is 4.98 Å². The molecule has 2 aliphatic carbocycles. The second-order valence-electron chi connectivity index (χ2n) is 9.81. The molecule has 0 radical (unpaired) electrons. The Labute approximate surface area is 174 Å². The van der Waals surface area contributed by atoms with Gasteiger partial charge in [0.2, 0.25) is 0 Å². The largest absolute Gasteiger partial charge is 0.461 e. The molecule has 29 heavy (non-hydrogen) atoms. The molecule has 0 N–H and O–H groups in total. The van der Waals surface area contributed by atoms with Crippen molar-refractivity contribution >= 4 is 11.8 Å². The van der Waals surface area contributed by atoms with Crippen LogP contribution in [0.1, 0.15) is 39.5 Å². The third kappa shape index (κ3) is 3.48. The maximum Gasteiger partial charge on any atom is 0.311 e. The Morgan fingerprint density at radius 3 is 2.83 bits per heavy atom. The van der Waals surface area contributed by atoms with Crippen LogP contribution >= 0.6 is 0 Å². The standard InChI is InChI=1S/C24H33N3O2/c1-17-6-5-8-24(2)15-21-18(14-20(17)24)19(23(28)29-21)16-26-10-12-27(13-11-26)22-7-3-4-9-25-22/h3-4,7,9,14,17-19,21H,5-6,8,10-13,15-16H2,1-2H3/t17-,18+,19?,21+,24+/m0/s1. The van der Waals surface area contributed by atoms with Crippen LogP contribution in [0, 0.1) is 23.2 Å². The van der Waals surface area contributed by atoms with E-state index >= 15 is 0 Å². The second-order valence-corrected chi connectivity index (χ2v) is 9.81. The summed E-state index contributed by atoms with van der Waals surface area (Å²) in [6.45, 7) is 9.46. The van der Waals surface area contributed by atoms with Crippen LogP contribution < -0.4 is 4.90 Å².